The van der Waals surface area contributed by atoms with E-state index in [1.807, 2.05) is 17.7 Å². The number of carbonyl (C=O) groups excluding carboxylic acids is 2. The van der Waals surface area contributed by atoms with Crippen LogP contribution in [0.15, 0.2) is 24.5 Å². The van der Waals surface area contributed by atoms with Crippen LogP contribution in [0, 0.1) is 0 Å². The molecule has 21 heavy (non-hydrogen) atoms. The molecule has 1 aromatic carbocycles. The van der Waals surface area contributed by atoms with Gasteiger partial charge in [-0.2, -0.15) is 0 Å². The zero-order valence-corrected chi connectivity index (χ0v) is 11.6. The molecule has 2 amide bonds. The minimum Gasteiger partial charge on any atom is -0.352 e. The Kier molecular flexibility index (Phi) is 3.39. The first kappa shape index (κ1) is 13.3. The fourth-order valence-corrected chi connectivity index (χ4v) is 2.28. The number of carbonyl (C=O) groups is 2. The van der Waals surface area contributed by atoms with E-state index in [0.717, 1.165) is 17.1 Å². The first-order valence-corrected chi connectivity index (χ1v) is 6.67. The average molecular weight is 285 g/mol. The lowest BCUT2D eigenvalue weighted by Gasteiger charge is -2.06. The summed E-state index contributed by atoms with van der Waals surface area (Å²) in [4.78, 5) is 23.4. The average Bonchev–Trinajstić information content (AvgIpc) is 3.02. The minimum absolute atomic E-state index is 0.0372. The number of fused-ring (bicyclic) bond motifs is 1. The van der Waals surface area contributed by atoms with Gasteiger partial charge < -0.3 is 15.2 Å². The Hall–Kier alpha value is -2.70. The molecule has 1 aliphatic rings. The Balaban J connectivity index is 1.60. The van der Waals surface area contributed by atoms with Crippen molar-refractivity contribution in [3.05, 3.63) is 41.5 Å². The van der Waals surface area contributed by atoms with Gasteiger partial charge in [-0.25, -0.2) is 0 Å². The predicted molar refractivity (Wildman–Crippen MR) is 75.8 cm³/mol. The van der Waals surface area contributed by atoms with Crippen molar-refractivity contribution in [2.24, 2.45) is 7.05 Å². The van der Waals surface area contributed by atoms with E-state index in [0.29, 0.717) is 24.9 Å². The Labute approximate surface area is 121 Å². The number of hydrogen-bond donors (Lipinski definition) is 2. The number of benzene rings is 1. The molecule has 1 aromatic heterocycles. The van der Waals surface area contributed by atoms with Crippen molar-refractivity contribution in [3.63, 3.8) is 0 Å². The second-order valence-electron chi connectivity index (χ2n) is 4.96. The van der Waals surface area contributed by atoms with Crippen LogP contribution >= 0.6 is 0 Å². The lowest BCUT2D eigenvalue weighted by atomic mass is 10.1. The highest BCUT2D eigenvalue weighted by atomic mass is 16.2. The Morgan fingerprint density at radius 2 is 2.33 bits per heavy atom. The highest BCUT2D eigenvalue weighted by Crippen LogP contribution is 2.23. The molecule has 0 fully saturated rings. The predicted octanol–water partition coefficient (Wildman–Crippen LogP) is 0.282. The van der Waals surface area contributed by atoms with Gasteiger partial charge in [-0.15, -0.1) is 10.2 Å². The molecular weight excluding hydrogens is 270 g/mol. The molecule has 0 saturated heterocycles. The molecule has 2 N–H and O–H groups in total. The zero-order chi connectivity index (χ0) is 14.8. The van der Waals surface area contributed by atoms with Gasteiger partial charge in [-0.3, -0.25) is 9.59 Å². The van der Waals surface area contributed by atoms with Crippen molar-refractivity contribution in [1.29, 1.82) is 0 Å². The van der Waals surface area contributed by atoms with Gasteiger partial charge in [0.25, 0.3) is 5.91 Å². The van der Waals surface area contributed by atoms with Crippen LogP contribution < -0.4 is 10.6 Å². The van der Waals surface area contributed by atoms with Crippen molar-refractivity contribution in [3.8, 4) is 0 Å². The second kappa shape index (κ2) is 5.35. The summed E-state index contributed by atoms with van der Waals surface area (Å²) in [6.45, 7) is 0.481. The van der Waals surface area contributed by atoms with E-state index >= 15 is 0 Å². The highest BCUT2D eigenvalue weighted by molar-refractivity contribution is 6.02. The second-order valence-corrected chi connectivity index (χ2v) is 4.96. The highest BCUT2D eigenvalue weighted by Gasteiger charge is 2.18. The number of amides is 2. The van der Waals surface area contributed by atoms with Crippen molar-refractivity contribution in [2.75, 3.05) is 11.9 Å². The maximum atomic E-state index is 12.1. The number of rotatable bonds is 4. The van der Waals surface area contributed by atoms with Crippen molar-refractivity contribution >= 4 is 17.5 Å². The molecule has 108 valence electrons. The number of hydrogen-bond acceptors (Lipinski definition) is 4. The smallest absolute Gasteiger partial charge is 0.251 e. The van der Waals surface area contributed by atoms with Gasteiger partial charge in [0.05, 0.1) is 6.42 Å². The molecule has 1 aliphatic heterocycles. The molecule has 0 aliphatic carbocycles. The molecule has 0 unspecified atom stereocenters. The summed E-state index contributed by atoms with van der Waals surface area (Å²) in [7, 11) is 1.86. The SMILES string of the molecule is Cn1cnnc1CCNC(=O)c1ccc2c(c1)NC(=O)C2. The molecule has 0 radical (unpaired) electrons. The van der Waals surface area contributed by atoms with Gasteiger partial charge >= 0.3 is 0 Å². The normalized spacial score (nSPS) is 12.9. The molecule has 2 heterocycles. The molecule has 7 heteroatoms. The van der Waals surface area contributed by atoms with Crippen molar-refractivity contribution in [1.82, 2.24) is 20.1 Å². The largest absolute Gasteiger partial charge is 0.352 e. The van der Waals surface area contributed by atoms with E-state index in [9.17, 15) is 9.59 Å². The Morgan fingerprint density at radius 1 is 1.48 bits per heavy atom. The van der Waals surface area contributed by atoms with E-state index in [1.54, 1.807) is 18.5 Å². The fraction of sp³-hybridized carbons (Fsp3) is 0.286. The molecule has 0 spiro atoms. The first-order chi connectivity index (χ1) is 10.1. The van der Waals surface area contributed by atoms with E-state index < -0.39 is 0 Å². The Bertz CT molecular complexity index is 707. The topological polar surface area (TPSA) is 88.9 Å². The molecule has 0 saturated carbocycles. The summed E-state index contributed by atoms with van der Waals surface area (Å²) in [5.74, 6) is 0.613. The van der Waals surface area contributed by atoms with Crippen LogP contribution in [-0.2, 0) is 24.7 Å². The van der Waals surface area contributed by atoms with E-state index in [2.05, 4.69) is 20.8 Å². The van der Waals surface area contributed by atoms with E-state index in [-0.39, 0.29) is 11.8 Å². The number of aryl methyl sites for hydroxylation is 1. The van der Waals surface area contributed by atoms with Crippen LogP contribution in [0.5, 0.6) is 0 Å². The molecule has 2 aromatic rings. The summed E-state index contributed by atoms with van der Waals surface area (Å²) in [5.41, 5.74) is 2.19. The standard InChI is InChI=1S/C14H15N5O2/c1-19-8-16-18-12(19)4-5-15-14(21)10-3-2-9-7-13(20)17-11(9)6-10/h2-3,6,8H,4-5,7H2,1H3,(H,15,21)(H,17,20). The third kappa shape index (κ3) is 2.76. The summed E-state index contributed by atoms with van der Waals surface area (Å²) in [6.07, 6.45) is 2.62. The third-order valence-electron chi connectivity index (χ3n) is 3.44. The number of nitrogens with zero attached hydrogens (tertiary/aromatic N) is 3. The van der Waals surface area contributed by atoms with Crippen LogP contribution in [0.4, 0.5) is 5.69 Å². The van der Waals surface area contributed by atoms with Crippen molar-refractivity contribution < 1.29 is 9.59 Å². The molecule has 0 atom stereocenters. The minimum atomic E-state index is -0.166. The lowest BCUT2D eigenvalue weighted by Crippen LogP contribution is -2.26. The van der Waals surface area contributed by atoms with Gasteiger partial charge in [0.1, 0.15) is 12.2 Å². The van der Waals surface area contributed by atoms with Gasteiger partial charge in [-0.1, -0.05) is 6.07 Å². The van der Waals surface area contributed by atoms with E-state index in [4.69, 9.17) is 0 Å². The number of nitrogens with one attached hydrogen (secondary N) is 2. The zero-order valence-electron chi connectivity index (χ0n) is 11.6. The van der Waals surface area contributed by atoms with Gasteiger partial charge in [-0.05, 0) is 17.7 Å². The maximum Gasteiger partial charge on any atom is 0.251 e. The van der Waals surface area contributed by atoms with Crippen LogP contribution in [0.25, 0.3) is 0 Å². The Morgan fingerprint density at radius 3 is 3.10 bits per heavy atom. The first-order valence-electron chi connectivity index (χ1n) is 6.67. The lowest BCUT2D eigenvalue weighted by molar-refractivity contribution is -0.115. The number of aromatic nitrogens is 3. The number of anilines is 1. The summed E-state index contributed by atoms with van der Waals surface area (Å²) >= 11 is 0. The van der Waals surface area contributed by atoms with Gasteiger partial charge in [0.2, 0.25) is 5.91 Å². The summed E-state index contributed by atoms with van der Waals surface area (Å²) in [5, 5.41) is 13.3. The fourth-order valence-electron chi connectivity index (χ4n) is 2.28. The van der Waals surface area contributed by atoms with Crippen molar-refractivity contribution in [2.45, 2.75) is 12.8 Å². The van der Waals surface area contributed by atoms with Gasteiger partial charge in [0.15, 0.2) is 0 Å². The van der Waals surface area contributed by atoms with Gasteiger partial charge in [0, 0.05) is 31.3 Å². The molecule has 7 nitrogen and oxygen atoms in total. The summed E-state index contributed by atoms with van der Waals surface area (Å²) in [6, 6.07) is 5.25. The third-order valence-corrected chi connectivity index (χ3v) is 3.44. The van der Waals surface area contributed by atoms with Crippen LogP contribution in [0.3, 0.4) is 0 Å². The van der Waals surface area contributed by atoms with Crippen LogP contribution in [0.1, 0.15) is 21.7 Å². The molecule has 0 bridgehead atoms. The summed E-state index contributed by atoms with van der Waals surface area (Å²) < 4.78 is 1.82. The quantitative estimate of drug-likeness (QED) is 0.844. The van der Waals surface area contributed by atoms with E-state index in [1.165, 1.54) is 0 Å². The monoisotopic (exact) mass is 285 g/mol. The van der Waals surface area contributed by atoms with Crippen LogP contribution in [0.2, 0.25) is 0 Å². The van der Waals surface area contributed by atoms with Crippen LogP contribution in [-0.4, -0.2) is 33.1 Å². The molecular formula is C14H15N5O2. The molecule has 3 rings (SSSR count). The maximum absolute atomic E-state index is 12.1.